The minimum atomic E-state index is -0.495. The Morgan fingerprint density at radius 2 is 1.89 bits per heavy atom. The first kappa shape index (κ1) is 24.7. The molecule has 35 heavy (non-hydrogen) atoms. The summed E-state index contributed by atoms with van der Waals surface area (Å²) >= 11 is 7.79. The second-order valence-electron chi connectivity index (χ2n) is 7.51. The van der Waals surface area contributed by atoms with Crippen LogP contribution >= 0.6 is 22.9 Å². The number of pyridine rings is 2. The summed E-state index contributed by atoms with van der Waals surface area (Å²) in [6.45, 7) is 2.76. The number of aryl methyl sites for hydroxylation is 1. The maximum absolute atomic E-state index is 12.9. The number of ether oxygens (including phenoxy) is 2. The highest BCUT2D eigenvalue weighted by Crippen LogP contribution is 2.36. The smallest absolute Gasteiger partial charge is 0.323 e. The van der Waals surface area contributed by atoms with Gasteiger partial charge in [-0.15, -0.1) is 4.80 Å². The van der Waals surface area contributed by atoms with E-state index in [1.54, 1.807) is 26.5 Å². The number of nitrogens with zero attached hydrogens (tertiary/aromatic N) is 7. The SMILES string of the molecule is COCC(COC)N(C)c1c(NC(=O)Nc2cnc(-n3nccn3)c(Cl)c2)cnc2sc(C)nc12. The van der Waals surface area contributed by atoms with Crippen molar-refractivity contribution < 1.29 is 14.3 Å². The lowest BCUT2D eigenvalue weighted by Gasteiger charge is -2.30. The molecule has 184 valence electrons. The zero-order valence-electron chi connectivity index (χ0n) is 19.5. The second-order valence-corrected chi connectivity index (χ2v) is 9.10. The largest absolute Gasteiger partial charge is 0.382 e. The van der Waals surface area contributed by atoms with E-state index in [1.807, 2.05) is 18.9 Å². The third kappa shape index (κ3) is 5.48. The zero-order valence-corrected chi connectivity index (χ0v) is 21.1. The number of nitrogens with one attached hydrogen (secondary N) is 2. The van der Waals surface area contributed by atoms with Gasteiger partial charge in [-0.25, -0.2) is 19.7 Å². The third-order valence-electron chi connectivity index (χ3n) is 5.06. The summed E-state index contributed by atoms with van der Waals surface area (Å²) in [4.78, 5) is 30.3. The van der Waals surface area contributed by atoms with Crippen LogP contribution in [0, 0.1) is 6.92 Å². The van der Waals surface area contributed by atoms with Crippen molar-refractivity contribution in [2.45, 2.75) is 13.0 Å². The van der Waals surface area contributed by atoms with Gasteiger partial charge in [-0.2, -0.15) is 10.2 Å². The first-order chi connectivity index (χ1) is 16.9. The van der Waals surface area contributed by atoms with Crippen LogP contribution in [-0.4, -0.2) is 76.5 Å². The normalized spacial score (nSPS) is 11.3. The molecule has 0 aliphatic rings. The molecule has 4 rings (SSSR count). The van der Waals surface area contributed by atoms with Gasteiger partial charge in [-0.3, -0.25) is 0 Å². The van der Waals surface area contributed by atoms with Crippen LogP contribution < -0.4 is 15.5 Å². The van der Waals surface area contributed by atoms with Gasteiger partial charge in [0.05, 0.1) is 71.1 Å². The topological polar surface area (TPSA) is 132 Å². The zero-order chi connectivity index (χ0) is 24.9. The van der Waals surface area contributed by atoms with Crippen LogP contribution in [0.3, 0.4) is 0 Å². The maximum Gasteiger partial charge on any atom is 0.323 e. The van der Waals surface area contributed by atoms with Crippen molar-refractivity contribution in [3.05, 3.63) is 40.9 Å². The summed E-state index contributed by atoms with van der Waals surface area (Å²) in [5.41, 5.74) is 2.28. The number of anilines is 3. The monoisotopic (exact) mass is 517 g/mol. The maximum atomic E-state index is 12.9. The molecule has 0 atom stereocenters. The number of hydrogen-bond acceptors (Lipinski definition) is 10. The lowest BCUT2D eigenvalue weighted by Crippen LogP contribution is -2.39. The Morgan fingerprint density at radius 3 is 2.54 bits per heavy atom. The number of methoxy groups -OCH3 is 2. The van der Waals surface area contributed by atoms with Gasteiger partial charge in [-0.1, -0.05) is 22.9 Å². The lowest BCUT2D eigenvalue weighted by atomic mass is 10.2. The standard InChI is InChI=1S/C21H24ClN9O3S/c1-12-27-17-18(30(2)14(10-33-3)11-34-4)16(9-24-20(17)35-12)29-21(32)28-13-7-15(22)19(23-8-13)31-25-5-6-26-31/h5-9,14H,10-11H2,1-4H3,(H2,28,29,32). The van der Waals surface area contributed by atoms with Crippen LogP contribution in [0.2, 0.25) is 5.02 Å². The lowest BCUT2D eigenvalue weighted by molar-refractivity contribution is 0.117. The predicted molar refractivity (Wildman–Crippen MR) is 135 cm³/mol. The van der Waals surface area contributed by atoms with E-state index in [0.29, 0.717) is 41.6 Å². The molecule has 0 saturated carbocycles. The van der Waals surface area contributed by atoms with Crippen molar-refractivity contribution in [3.8, 4) is 5.82 Å². The Kier molecular flexibility index (Phi) is 7.70. The molecular formula is C21H24ClN9O3S. The molecule has 0 unspecified atom stereocenters. The highest BCUT2D eigenvalue weighted by atomic mass is 35.5. The number of aromatic nitrogens is 6. The molecule has 0 aliphatic heterocycles. The fourth-order valence-corrected chi connectivity index (χ4v) is 4.52. The Balaban J connectivity index is 1.60. The summed E-state index contributed by atoms with van der Waals surface area (Å²) in [5.74, 6) is 0.349. The summed E-state index contributed by atoms with van der Waals surface area (Å²) in [6, 6.07) is 0.955. The van der Waals surface area contributed by atoms with Crippen LogP contribution in [0.4, 0.5) is 21.9 Å². The van der Waals surface area contributed by atoms with E-state index >= 15 is 0 Å². The molecule has 0 aliphatic carbocycles. The fraction of sp³-hybridized carbons (Fsp3) is 0.333. The van der Waals surface area contributed by atoms with Gasteiger partial charge in [0, 0.05) is 21.3 Å². The number of thiazole rings is 1. The molecule has 2 N–H and O–H groups in total. The van der Waals surface area contributed by atoms with Crippen molar-refractivity contribution in [2.24, 2.45) is 0 Å². The van der Waals surface area contributed by atoms with E-state index in [1.165, 1.54) is 34.7 Å². The van der Waals surface area contributed by atoms with Gasteiger partial charge in [-0.05, 0) is 13.0 Å². The Labute approximate surface area is 210 Å². The predicted octanol–water partition coefficient (Wildman–Crippen LogP) is 3.37. The van der Waals surface area contributed by atoms with E-state index in [4.69, 9.17) is 21.1 Å². The number of urea groups is 1. The number of likely N-dealkylation sites (N-methyl/N-ethyl adjacent to an activating group) is 1. The summed E-state index contributed by atoms with van der Waals surface area (Å²) in [5, 5.41) is 14.8. The first-order valence-electron chi connectivity index (χ1n) is 10.5. The molecule has 0 aromatic carbocycles. The number of amides is 2. The molecule has 0 fully saturated rings. The van der Waals surface area contributed by atoms with E-state index in [0.717, 1.165) is 9.84 Å². The average molecular weight is 518 g/mol. The van der Waals surface area contributed by atoms with Crippen LogP contribution in [0.25, 0.3) is 16.2 Å². The number of hydrogen-bond donors (Lipinski definition) is 2. The molecule has 4 aromatic heterocycles. The summed E-state index contributed by atoms with van der Waals surface area (Å²) < 4.78 is 10.8. The molecular weight excluding hydrogens is 494 g/mol. The molecule has 2 amide bonds. The molecule has 12 nitrogen and oxygen atoms in total. The molecule has 0 bridgehead atoms. The van der Waals surface area contributed by atoms with Gasteiger partial charge in [0.1, 0.15) is 10.3 Å². The Morgan fingerprint density at radius 1 is 1.17 bits per heavy atom. The molecule has 4 heterocycles. The number of halogens is 1. The van der Waals surface area contributed by atoms with Crippen molar-refractivity contribution in [1.82, 2.24) is 29.9 Å². The van der Waals surface area contributed by atoms with Crippen LogP contribution in [0.15, 0.2) is 30.9 Å². The van der Waals surface area contributed by atoms with Crippen molar-refractivity contribution in [3.63, 3.8) is 0 Å². The first-order valence-corrected chi connectivity index (χ1v) is 11.7. The molecule has 14 heteroatoms. The van der Waals surface area contributed by atoms with Gasteiger partial charge < -0.3 is 25.0 Å². The number of rotatable bonds is 9. The van der Waals surface area contributed by atoms with Crippen molar-refractivity contribution >= 4 is 56.4 Å². The summed E-state index contributed by atoms with van der Waals surface area (Å²) in [6.07, 6.45) is 6.12. The highest BCUT2D eigenvalue weighted by molar-refractivity contribution is 7.18. The Hall–Kier alpha value is -3.39. The van der Waals surface area contributed by atoms with Gasteiger partial charge in [0.15, 0.2) is 5.82 Å². The van der Waals surface area contributed by atoms with Crippen LogP contribution in [-0.2, 0) is 9.47 Å². The van der Waals surface area contributed by atoms with E-state index < -0.39 is 6.03 Å². The summed E-state index contributed by atoms with van der Waals surface area (Å²) in [7, 11) is 5.16. The van der Waals surface area contributed by atoms with Crippen LogP contribution in [0.1, 0.15) is 5.01 Å². The highest BCUT2D eigenvalue weighted by Gasteiger charge is 2.24. The molecule has 0 saturated heterocycles. The minimum Gasteiger partial charge on any atom is -0.382 e. The number of carbonyl (C=O) groups is 1. The van der Waals surface area contributed by atoms with Gasteiger partial charge in [0.25, 0.3) is 0 Å². The van der Waals surface area contributed by atoms with Crippen LogP contribution in [0.5, 0.6) is 0 Å². The number of carbonyl (C=O) groups excluding carboxylic acids is 1. The van der Waals surface area contributed by atoms with E-state index in [-0.39, 0.29) is 11.1 Å². The van der Waals surface area contributed by atoms with Crippen molar-refractivity contribution in [2.75, 3.05) is 50.0 Å². The Bertz CT molecular complexity index is 1310. The fourth-order valence-electron chi connectivity index (χ4n) is 3.51. The number of fused-ring (bicyclic) bond motifs is 1. The average Bonchev–Trinajstić information content (AvgIpc) is 3.47. The quantitative estimate of drug-likeness (QED) is 0.343. The molecule has 0 spiro atoms. The van der Waals surface area contributed by atoms with E-state index in [2.05, 4.69) is 35.8 Å². The molecule has 0 radical (unpaired) electrons. The van der Waals surface area contributed by atoms with Gasteiger partial charge in [0.2, 0.25) is 0 Å². The minimum absolute atomic E-state index is 0.118. The van der Waals surface area contributed by atoms with Crippen molar-refractivity contribution in [1.29, 1.82) is 0 Å². The second kappa shape index (κ2) is 10.9. The van der Waals surface area contributed by atoms with Gasteiger partial charge >= 0.3 is 6.03 Å². The molecule has 4 aromatic rings. The van der Waals surface area contributed by atoms with E-state index in [9.17, 15) is 4.79 Å². The third-order valence-corrected chi connectivity index (χ3v) is 6.22.